The maximum Gasteiger partial charge on any atom is 0.303 e. The highest BCUT2D eigenvalue weighted by molar-refractivity contribution is 8.13. The molecule has 0 aromatic carbocycles. The largest absolute Gasteiger partial charge is 0.303 e. The van der Waals surface area contributed by atoms with E-state index in [2.05, 4.69) is 17.2 Å². The molecule has 0 saturated carbocycles. The minimum Gasteiger partial charge on any atom is -0.272 e. The number of rotatable bonds is 7. The second-order valence-corrected chi connectivity index (χ2v) is 4.55. The van der Waals surface area contributed by atoms with Crippen LogP contribution in [0, 0.1) is 0 Å². The molecule has 0 heterocycles. The van der Waals surface area contributed by atoms with Crippen LogP contribution in [0.1, 0.15) is 45.4 Å². The van der Waals surface area contributed by atoms with Crippen molar-refractivity contribution in [1.82, 2.24) is 5.32 Å². The van der Waals surface area contributed by atoms with Gasteiger partial charge in [0.25, 0.3) is 0 Å². The Kier molecular flexibility index (Phi) is 10.8. The van der Waals surface area contributed by atoms with Crippen LogP contribution in [0.5, 0.6) is 0 Å². The highest BCUT2D eigenvalue weighted by Gasteiger charge is 2.00. The van der Waals surface area contributed by atoms with Gasteiger partial charge in [0.05, 0.1) is 14.1 Å². The molecule has 0 atom stereocenters. The van der Waals surface area contributed by atoms with Crippen molar-refractivity contribution in [1.29, 1.82) is 0 Å². The molecule has 3 heteroatoms. The van der Waals surface area contributed by atoms with Gasteiger partial charge in [0, 0.05) is 5.75 Å². The maximum absolute atomic E-state index is 3.13. The van der Waals surface area contributed by atoms with Gasteiger partial charge in [-0.15, -0.1) is 0 Å². The molecular weight excluding hydrogens is 192 g/mol. The molecule has 0 fully saturated rings. The summed E-state index contributed by atoms with van der Waals surface area (Å²) in [5, 5.41) is 4.31. The van der Waals surface area contributed by atoms with Gasteiger partial charge in [-0.25, -0.2) is 0 Å². The number of thioether (sulfide) groups is 1. The van der Waals surface area contributed by atoms with Gasteiger partial charge in [-0.2, -0.15) is 0 Å². The summed E-state index contributed by atoms with van der Waals surface area (Å²) in [5.41, 5.74) is 0. The quantitative estimate of drug-likeness (QED) is 0.383. The highest BCUT2D eigenvalue weighted by atomic mass is 32.2. The Bertz CT molecular complexity index is 146. The first-order valence-electron chi connectivity index (χ1n) is 5.70. The van der Waals surface area contributed by atoms with E-state index in [1.165, 1.54) is 49.4 Å². The fourth-order valence-corrected chi connectivity index (χ4v) is 2.17. The molecular formula is C11H25N2S+. The summed E-state index contributed by atoms with van der Waals surface area (Å²) in [5.74, 6) is 1.23. The van der Waals surface area contributed by atoms with E-state index in [-0.39, 0.29) is 0 Å². The molecule has 14 heavy (non-hydrogen) atoms. The van der Waals surface area contributed by atoms with Gasteiger partial charge in [0.15, 0.2) is 0 Å². The molecule has 2 nitrogen and oxygen atoms in total. The van der Waals surface area contributed by atoms with E-state index in [0.717, 1.165) is 0 Å². The van der Waals surface area contributed by atoms with Gasteiger partial charge in [-0.1, -0.05) is 39.0 Å². The lowest BCUT2D eigenvalue weighted by Gasteiger charge is -2.00. The van der Waals surface area contributed by atoms with Crippen LogP contribution < -0.4 is 10.3 Å². The van der Waals surface area contributed by atoms with Crippen LogP contribution in [0.2, 0.25) is 0 Å². The molecule has 0 unspecified atom stereocenters. The van der Waals surface area contributed by atoms with Crippen LogP contribution in [0.15, 0.2) is 0 Å². The van der Waals surface area contributed by atoms with Crippen molar-refractivity contribution >= 4 is 16.9 Å². The van der Waals surface area contributed by atoms with E-state index in [1.807, 2.05) is 25.9 Å². The summed E-state index contributed by atoms with van der Waals surface area (Å²) in [4.78, 5) is 3.13. The molecule has 0 aliphatic rings. The predicted octanol–water partition coefficient (Wildman–Crippen LogP) is 1.37. The number of amidine groups is 1. The Morgan fingerprint density at radius 3 is 2.36 bits per heavy atom. The Hall–Kier alpha value is -0.180. The van der Waals surface area contributed by atoms with Gasteiger partial charge in [-0.05, 0) is 18.2 Å². The number of unbranched alkanes of at least 4 members (excludes halogenated alkanes) is 5. The van der Waals surface area contributed by atoms with E-state index in [9.17, 15) is 0 Å². The molecule has 0 spiro atoms. The minimum absolute atomic E-state index is 1.18. The molecule has 0 saturated heterocycles. The van der Waals surface area contributed by atoms with Gasteiger partial charge in [-0.3, -0.25) is 10.3 Å². The lowest BCUT2D eigenvalue weighted by Crippen LogP contribution is -2.70. The number of nitrogens with one attached hydrogen (secondary N) is 2. The summed E-state index contributed by atoms with van der Waals surface area (Å²) in [6.45, 7) is 2.26. The molecule has 0 rings (SSSR count). The average Bonchev–Trinajstić information content (AvgIpc) is 2.22. The van der Waals surface area contributed by atoms with Crippen molar-refractivity contribution in [3.8, 4) is 0 Å². The SMILES string of the molecule is CCCCCCCCSC(NC)=[NH+]C. The summed E-state index contributed by atoms with van der Waals surface area (Å²) < 4.78 is 0. The Balaban J connectivity index is 3.13. The summed E-state index contributed by atoms with van der Waals surface area (Å²) in [7, 11) is 3.92. The molecule has 2 N–H and O–H groups in total. The third kappa shape index (κ3) is 8.42. The monoisotopic (exact) mass is 217 g/mol. The van der Waals surface area contributed by atoms with Gasteiger partial charge in [0.2, 0.25) is 0 Å². The van der Waals surface area contributed by atoms with E-state index >= 15 is 0 Å². The summed E-state index contributed by atoms with van der Waals surface area (Å²) >= 11 is 1.88. The normalized spacial score (nSPS) is 11.8. The van der Waals surface area contributed by atoms with Crippen LogP contribution >= 0.6 is 11.8 Å². The maximum atomic E-state index is 3.13. The Morgan fingerprint density at radius 2 is 1.79 bits per heavy atom. The van der Waals surface area contributed by atoms with E-state index in [0.29, 0.717) is 0 Å². The lowest BCUT2D eigenvalue weighted by atomic mass is 10.1. The van der Waals surface area contributed by atoms with Crippen molar-refractivity contribution in [2.75, 3.05) is 19.8 Å². The van der Waals surface area contributed by atoms with Crippen molar-refractivity contribution < 1.29 is 4.99 Å². The first-order valence-corrected chi connectivity index (χ1v) is 6.69. The van der Waals surface area contributed by atoms with Gasteiger partial charge >= 0.3 is 5.17 Å². The molecule has 0 radical (unpaired) electrons. The van der Waals surface area contributed by atoms with Crippen LogP contribution in [-0.2, 0) is 0 Å². The molecule has 84 valence electrons. The van der Waals surface area contributed by atoms with Crippen LogP contribution in [0.3, 0.4) is 0 Å². The standard InChI is InChI=1S/C11H24N2S/c1-4-5-6-7-8-9-10-14-11(12-2)13-3/h4-10H2,1-3H3,(H,12,13)/p+1. The fourth-order valence-electron chi connectivity index (χ4n) is 1.33. The van der Waals surface area contributed by atoms with Crippen LogP contribution in [-0.4, -0.2) is 25.0 Å². The minimum atomic E-state index is 1.18. The van der Waals surface area contributed by atoms with Crippen molar-refractivity contribution in [3.05, 3.63) is 0 Å². The smallest absolute Gasteiger partial charge is 0.272 e. The molecule has 0 bridgehead atoms. The molecule has 0 amide bonds. The van der Waals surface area contributed by atoms with E-state index < -0.39 is 0 Å². The number of hydrogen-bond acceptors (Lipinski definition) is 1. The molecule has 0 aliphatic carbocycles. The Labute approximate surface area is 93.0 Å². The zero-order chi connectivity index (χ0) is 10.6. The lowest BCUT2D eigenvalue weighted by molar-refractivity contribution is -0.418. The van der Waals surface area contributed by atoms with Crippen LogP contribution in [0.25, 0.3) is 0 Å². The van der Waals surface area contributed by atoms with E-state index in [4.69, 9.17) is 0 Å². The zero-order valence-corrected chi connectivity index (χ0v) is 10.7. The third-order valence-corrected chi connectivity index (χ3v) is 3.39. The molecule has 0 aromatic rings. The Morgan fingerprint density at radius 1 is 1.14 bits per heavy atom. The summed E-state index contributed by atoms with van der Waals surface area (Å²) in [6.07, 6.45) is 8.28. The fraction of sp³-hybridized carbons (Fsp3) is 0.909. The predicted molar refractivity (Wildman–Crippen MR) is 66.8 cm³/mol. The first-order chi connectivity index (χ1) is 6.85. The van der Waals surface area contributed by atoms with E-state index in [1.54, 1.807) is 0 Å². The first kappa shape index (κ1) is 13.8. The van der Waals surface area contributed by atoms with Crippen LogP contribution in [0.4, 0.5) is 0 Å². The highest BCUT2D eigenvalue weighted by Crippen LogP contribution is 2.08. The molecule has 0 aliphatic heterocycles. The molecule has 0 aromatic heterocycles. The second kappa shape index (κ2) is 10.9. The topological polar surface area (TPSA) is 26.0 Å². The zero-order valence-electron chi connectivity index (χ0n) is 9.86. The van der Waals surface area contributed by atoms with Crippen molar-refractivity contribution in [3.63, 3.8) is 0 Å². The second-order valence-electron chi connectivity index (χ2n) is 3.45. The third-order valence-electron chi connectivity index (χ3n) is 2.20. The van der Waals surface area contributed by atoms with Gasteiger partial charge < -0.3 is 0 Å². The average molecular weight is 217 g/mol. The van der Waals surface area contributed by atoms with Crippen molar-refractivity contribution in [2.24, 2.45) is 0 Å². The number of hydrogen-bond donors (Lipinski definition) is 2. The van der Waals surface area contributed by atoms with Gasteiger partial charge in [0.1, 0.15) is 0 Å². The van der Waals surface area contributed by atoms with Crippen molar-refractivity contribution in [2.45, 2.75) is 45.4 Å². The summed E-state index contributed by atoms with van der Waals surface area (Å²) in [6, 6.07) is 0.